The molecular formula is C26H20NO4-. The SMILES string of the molecule is O=C(Oc1ccc(-c2ccccc2)cc1)c1cccc2c1N[C@@H](C(=O)[O-])[C@@H]1CC=C[C@@H]21. The van der Waals surface area contributed by atoms with E-state index in [9.17, 15) is 14.7 Å². The van der Waals surface area contributed by atoms with Crippen molar-refractivity contribution < 1.29 is 19.4 Å². The van der Waals surface area contributed by atoms with Crippen molar-refractivity contribution in [2.24, 2.45) is 5.92 Å². The number of hydrogen-bond donors (Lipinski definition) is 1. The van der Waals surface area contributed by atoms with Gasteiger partial charge in [-0.2, -0.15) is 0 Å². The fourth-order valence-corrected chi connectivity index (χ4v) is 4.53. The highest BCUT2D eigenvalue weighted by molar-refractivity contribution is 5.99. The Morgan fingerprint density at radius 2 is 1.65 bits per heavy atom. The number of para-hydroxylation sites is 1. The molecule has 31 heavy (non-hydrogen) atoms. The van der Waals surface area contributed by atoms with Crippen LogP contribution in [0.2, 0.25) is 0 Å². The second-order valence-corrected chi connectivity index (χ2v) is 7.84. The summed E-state index contributed by atoms with van der Waals surface area (Å²) >= 11 is 0. The zero-order valence-corrected chi connectivity index (χ0v) is 16.7. The number of hydrogen-bond acceptors (Lipinski definition) is 5. The van der Waals surface area contributed by atoms with Gasteiger partial charge in [0.1, 0.15) is 5.75 Å². The Balaban J connectivity index is 1.41. The first-order valence-corrected chi connectivity index (χ1v) is 10.3. The number of fused-ring (bicyclic) bond motifs is 3. The van der Waals surface area contributed by atoms with Crippen LogP contribution in [-0.4, -0.2) is 18.0 Å². The van der Waals surface area contributed by atoms with E-state index >= 15 is 0 Å². The highest BCUT2D eigenvalue weighted by Gasteiger charge is 2.39. The van der Waals surface area contributed by atoms with E-state index in [1.807, 2.05) is 60.7 Å². The van der Waals surface area contributed by atoms with Crippen molar-refractivity contribution in [1.29, 1.82) is 0 Å². The minimum absolute atomic E-state index is 0.0583. The van der Waals surface area contributed by atoms with Crippen molar-refractivity contribution in [2.75, 3.05) is 5.32 Å². The summed E-state index contributed by atoms with van der Waals surface area (Å²) in [6, 6.07) is 21.8. The number of benzene rings is 3. The van der Waals surface area contributed by atoms with Crippen LogP contribution in [0.15, 0.2) is 84.9 Å². The molecule has 0 radical (unpaired) electrons. The number of carbonyl (C=O) groups is 2. The first kappa shape index (κ1) is 19.1. The monoisotopic (exact) mass is 410 g/mol. The second-order valence-electron chi connectivity index (χ2n) is 7.84. The highest BCUT2D eigenvalue weighted by atomic mass is 16.5. The number of carbonyl (C=O) groups excluding carboxylic acids is 2. The Morgan fingerprint density at radius 1 is 0.903 bits per heavy atom. The molecule has 3 atom stereocenters. The third-order valence-electron chi connectivity index (χ3n) is 6.04. The van der Waals surface area contributed by atoms with Gasteiger partial charge in [-0.3, -0.25) is 0 Å². The lowest BCUT2D eigenvalue weighted by Crippen LogP contribution is -2.49. The molecule has 0 aromatic heterocycles. The Labute approximate surface area is 180 Å². The Kier molecular flexibility index (Phi) is 4.79. The number of anilines is 1. The molecule has 3 aromatic carbocycles. The minimum atomic E-state index is -1.16. The molecule has 5 rings (SSSR count). The van der Waals surface area contributed by atoms with Gasteiger partial charge in [-0.05, 0) is 47.2 Å². The van der Waals surface area contributed by atoms with E-state index in [0.29, 0.717) is 23.4 Å². The highest BCUT2D eigenvalue weighted by Crippen LogP contribution is 2.45. The number of rotatable bonds is 4. The van der Waals surface area contributed by atoms with Gasteiger partial charge >= 0.3 is 5.97 Å². The molecule has 0 spiro atoms. The summed E-state index contributed by atoms with van der Waals surface area (Å²) in [5.74, 6) is -1.45. The smallest absolute Gasteiger partial charge is 0.345 e. The van der Waals surface area contributed by atoms with Crippen LogP contribution in [0.3, 0.4) is 0 Å². The summed E-state index contributed by atoms with van der Waals surface area (Å²) in [6.07, 6.45) is 4.66. The van der Waals surface area contributed by atoms with Crippen molar-refractivity contribution in [3.8, 4) is 16.9 Å². The van der Waals surface area contributed by atoms with Crippen molar-refractivity contribution >= 4 is 17.6 Å². The normalized spacial score (nSPS) is 21.0. The summed E-state index contributed by atoms with van der Waals surface area (Å²) in [6.45, 7) is 0. The number of allylic oxidation sites excluding steroid dienone is 2. The molecule has 1 heterocycles. The third kappa shape index (κ3) is 3.48. The van der Waals surface area contributed by atoms with E-state index in [1.54, 1.807) is 24.3 Å². The Bertz CT molecular complexity index is 1170. The summed E-state index contributed by atoms with van der Waals surface area (Å²) in [4.78, 5) is 24.7. The van der Waals surface area contributed by atoms with Crippen molar-refractivity contribution in [1.82, 2.24) is 0 Å². The van der Waals surface area contributed by atoms with Crippen molar-refractivity contribution in [3.63, 3.8) is 0 Å². The lowest BCUT2D eigenvalue weighted by atomic mass is 9.78. The predicted octanol–water partition coefficient (Wildman–Crippen LogP) is 3.78. The van der Waals surface area contributed by atoms with Crippen LogP contribution in [0, 0.1) is 5.92 Å². The Morgan fingerprint density at radius 3 is 2.39 bits per heavy atom. The third-order valence-corrected chi connectivity index (χ3v) is 6.04. The zero-order chi connectivity index (χ0) is 21.4. The van der Waals surface area contributed by atoms with E-state index in [-0.39, 0.29) is 11.8 Å². The maximum absolute atomic E-state index is 13.0. The van der Waals surface area contributed by atoms with Crippen LogP contribution < -0.4 is 15.2 Å². The molecule has 0 saturated carbocycles. The molecule has 1 aliphatic carbocycles. The topological polar surface area (TPSA) is 78.5 Å². The minimum Gasteiger partial charge on any atom is -0.548 e. The molecule has 0 unspecified atom stereocenters. The van der Waals surface area contributed by atoms with Gasteiger partial charge in [0.15, 0.2) is 0 Å². The molecule has 5 nitrogen and oxygen atoms in total. The number of aliphatic carboxylic acids is 1. The van der Waals surface area contributed by atoms with Gasteiger partial charge < -0.3 is 20.0 Å². The number of nitrogens with one attached hydrogen (secondary N) is 1. The quantitative estimate of drug-likeness (QED) is 0.402. The van der Waals surface area contributed by atoms with Gasteiger partial charge in [-0.1, -0.05) is 66.7 Å². The van der Waals surface area contributed by atoms with Crippen LogP contribution in [0.4, 0.5) is 5.69 Å². The summed E-state index contributed by atoms with van der Waals surface area (Å²) < 4.78 is 5.60. The lowest BCUT2D eigenvalue weighted by molar-refractivity contribution is -0.308. The first-order chi connectivity index (χ1) is 15.1. The van der Waals surface area contributed by atoms with Crippen LogP contribution in [0.5, 0.6) is 5.75 Å². The lowest BCUT2D eigenvalue weighted by Gasteiger charge is -2.38. The average Bonchev–Trinajstić information content (AvgIpc) is 3.29. The molecule has 3 aromatic rings. The molecule has 0 saturated heterocycles. The van der Waals surface area contributed by atoms with Crippen LogP contribution in [-0.2, 0) is 4.79 Å². The molecule has 0 fully saturated rings. The van der Waals surface area contributed by atoms with Gasteiger partial charge in [0.25, 0.3) is 0 Å². The molecule has 2 aliphatic rings. The number of carboxylic acid groups (broad SMARTS) is 1. The molecule has 5 heteroatoms. The molecular weight excluding hydrogens is 390 g/mol. The average molecular weight is 410 g/mol. The van der Waals surface area contributed by atoms with Gasteiger partial charge in [0.2, 0.25) is 0 Å². The maximum atomic E-state index is 13.0. The van der Waals surface area contributed by atoms with E-state index in [1.165, 1.54) is 0 Å². The van der Waals surface area contributed by atoms with Crippen molar-refractivity contribution in [2.45, 2.75) is 18.4 Å². The van der Waals surface area contributed by atoms with Crippen molar-refractivity contribution in [3.05, 3.63) is 96.1 Å². The number of carboxylic acids is 1. The van der Waals surface area contributed by atoms with E-state index in [0.717, 1.165) is 16.7 Å². The molecule has 154 valence electrons. The first-order valence-electron chi connectivity index (χ1n) is 10.3. The largest absolute Gasteiger partial charge is 0.548 e. The van der Waals surface area contributed by atoms with Gasteiger partial charge in [0, 0.05) is 5.92 Å². The van der Waals surface area contributed by atoms with E-state index in [4.69, 9.17) is 4.74 Å². The number of esters is 1. The molecule has 1 aliphatic heterocycles. The maximum Gasteiger partial charge on any atom is 0.345 e. The summed E-state index contributed by atoms with van der Waals surface area (Å²) in [5, 5.41) is 14.7. The van der Waals surface area contributed by atoms with E-state index < -0.39 is 18.0 Å². The van der Waals surface area contributed by atoms with Crippen LogP contribution in [0.1, 0.15) is 28.3 Å². The van der Waals surface area contributed by atoms with Gasteiger partial charge in [-0.15, -0.1) is 0 Å². The molecule has 0 bridgehead atoms. The molecule has 1 N–H and O–H groups in total. The Hall–Kier alpha value is -3.86. The van der Waals surface area contributed by atoms with Crippen LogP contribution in [0.25, 0.3) is 11.1 Å². The molecule has 0 amide bonds. The second kappa shape index (κ2) is 7.76. The van der Waals surface area contributed by atoms with Gasteiger partial charge in [0.05, 0.1) is 23.3 Å². The fourth-order valence-electron chi connectivity index (χ4n) is 4.53. The van der Waals surface area contributed by atoms with Crippen LogP contribution >= 0.6 is 0 Å². The summed E-state index contributed by atoms with van der Waals surface area (Å²) in [7, 11) is 0. The number of ether oxygens (including phenoxy) is 1. The fraction of sp³-hybridized carbons (Fsp3) is 0.154. The summed E-state index contributed by atoms with van der Waals surface area (Å²) in [5.41, 5.74) is 3.83. The predicted molar refractivity (Wildman–Crippen MR) is 116 cm³/mol. The zero-order valence-electron chi connectivity index (χ0n) is 16.7. The van der Waals surface area contributed by atoms with Gasteiger partial charge in [-0.25, -0.2) is 4.79 Å². The standard InChI is InChI=1S/C26H21NO4/c28-25(29)24-21-10-4-8-19(21)20-9-5-11-22(23(20)27-24)26(30)31-18-14-12-17(13-15-18)16-6-2-1-3-7-16/h1-9,11-15,19,21,24,27H,10H2,(H,28,29)/p-1/t19-,21+,24+/m0/s1. The van der Waals surface area contributed by atoms with E-state index in [2.05, 4.69) is 5.32 Å².